The van der Waals surface area contributed by atoms with Crippen LogP contribution >= 0.6 is 11.3 Å². The minimum atomic E-state index is -0.895. The van der Waals surface area contributed by atoms with E-state index >= 15 is 0 Å². The van der Waals surface area contributed by atoms with Crippen molar-refractivity contribution in [2.24, 2.45) is 0 Å². The first-order chi connectivity index (χ1) is 15.0. The van der Waals surface area contributed by atoms with Gasteiger partial charge in [0.15, 0.2) is 5.13 Å². The number of aliphatic hydroxyl groups is 1. The van der Waals surface area contributed by atoms with Gasteiger partial charge < -0.3 is 5.11 Å². The summed E-state index contributed by atoms with van der Waals surface area (Å²) in [7, 11) is 0. The largest absolute Gasteiger partial charge is 0.507 e. The predicted molar refractivity (Wildman–Crippen MR) is 115 cm³/mol. The third-order valence-electron chi connectivity index (χ3n) is 5.07. The number of Topliss-reactive ketones (excluding diaryl/α,β-unsaturated/α-hetero) is 1. The number of halogens is 1. The van der Waals surface area contributed by atoms with E-state index in [9.17, 15) is 19.1 Å². The van der Waals surface area contributed by atoms with Crippen molar-refractivity contribution >= 4 is 44.1 Å². The second-order valence-electron chi connectivity index (χ2n) is 6.92. The highest BCUT2D eigenvalue weighted by Crippen LogP contribution is 2.44. The number of thiazole rings is 1. The van der Waals surface area contributed by atoms with E-state index in [0.29, 0.717) is 16.2 Å². The Kier molecular flexibility index (Phi) is 4.56. The van der Waals surface area contributed by atoms with Crippen LogP contribution in [0.3, 0.4) is 0 Å². The van der Waals surface area contributed by atoms with Crippen molar-refractivity contribution in [3.05, 3.63) is 95.6 Å². The number of hydrogen-bond acceptors (Lipinski definition) is 6. The number of nitrogens with zero attached hydrogens (tertiary/aromatic N) is 3. The van der Waals surface area contributed by atoms with Gasteiger partial charge in [-0.15, -0.1) is 0 Å². The molecule has 0 radical (unpaired) electrons. The molecule has 1 unspecified atom stereocenters. The number of hydrogen-bond donors (Lipinski definition) is 1. The number of para-hydroxylation sites is 1. The zero-order chi connectivity index (χ0) is 21.5. The number of benzene rings is 2. The number of carbonyl (C=O) groups is 2. The summed E-state index contributed by atoms with van der Waals surface area (Å²) < 4.78 is 14.2. The van der Waals surface area contributed by atoms with Crippen LogP contribution in [0.1, 0.15) is 17.2 Å². The smallest absolute Gasteiger partial charge is 0.301 e. The van der Waals surface area contributed by atoms with E-state index in [1.807, 2.05) is 24.3 Å². The molecule has 1 atom stereocenters. The summed E-state index contributed by atoms with van der Waals surface area (Å²) >= 11 is 1.28. The number of carbonyl (C=O) groups excluding carboxylic acids is 2. The first kappa shape index (κ1) is 19.1. The Labute approximate surface area is 179 Å². The van der Waals surface area contributed by atoms with E-state index in [2.05, 4.69) is 9.97 Å². The van der Waals surface area contributed by atoms with Crippen LogP contribution < -0.4 is 4.90 Å². The van der Waals surface area contributed by atoms with Crippen molar-refractivity contribution in [1.29, 1.82) is 0 Å². The molecule has 8 heteroatoms. The molecule has 1 aliphatic rings. The highest BCUT2D eigenvalue weighted by molar-refractivity contribution is 7.22. The second-order valence-corrected chi connectivity index (χ2v) is 7.93. The molecule has 152 valence electrons. The molecule has 6 nitrogen and oxygen atoms in total. The zero-order valence-corrected chi connectivity index (χ0v) is 16.7. The lowest BCUT2D eigenvalue weighted by atomic mass is 9.96. The van der Waals surface area contributed by atoms with Crippen molar-refractivity contribution in [2.75, 3.05) is 4.90 Å². The maximum Gasteiger partial charge on any atom is 0.301 e. The SMILES string of the molecule is O=C1C(=O)N(c2nc3ccccc3s2)C(c2ccncc2)/C1=C(\O)c1ccc(F)cc1. The normalized spacial score (nSPS) is 18.1. The lowest BCUT2D eigenvalue weighted by Crippen LogP contribution is -2.29. The van der Waals surface area contributed by atoms with Crippen molar-refractivity contribution in [1.82, 2.24) is 9.97 Å². The minimum absolute atomic E-state index is 0.0814. The van der Waals surface area contributed by atoms with Crippen molar-refractivity contribution in [2.45, 2.75) is 6.04 Å². The van der Waals surface area contributed by atoms with E-state index in [0.717, 1.165) is 4.70 Å². The van der Waals surface area contributed by atoms with Gasteiger partial charge in [0.2, 0.25) is 0 Å². The molecule has 1 saturated heterocycles. The van der Waals surface area contributed by atoms with E-state index in [1.165, 1.54) is 40.5 Å². The molecule has 1 amide bonds. The van der Waals surface area contributed by atoms with Crippen molar-refractivity contribution < 1.29 is 19.1 Å². The fourth-order valence-electron chi connectivity index (χ4n) is 3.62. The van der Waals surface area contributed by atoms with Gasteiger partial charge >= 0.3 is 5.91 Å². The average Bonchev–Trinajstić information content (AvgIpc) is 3.33. The number of pyridine rings is 1. The molecule has 3 heterocycles. The summed E-state index contributed by atoms with van der Waals surface area (Å²) in [6.07, 6.45) is 3.09. The topological polar surface area (TPSA) is 83.4 Å². The number of fused-ring (bicyclic) bond motifs is 1. The van der Waals surface area contributed by atoms with Crippen LogP contribution in [0, 0.1) is 5.82 Å². The fourth-order valence-corrected chi connectivity index (χ4v) is 4.61. The van der Waals surface area contributed by atoms with Gasteiger partial charge in [0.1, 0.15) is 11.6 Å². The summed E-state index contributed by atoms with van der Waals surface area (Å²) in [5, 5.41) is 11.3. The molecule has 0 bridgehead atoms. The standard InChI is InChI=1S/C23H14FN3O3S/c24-15-7-5-14(6-8-15)20(28)18-19(13-9-11-25-12-10-13)27(22(30)21(18)29)23-26-16-3-1-2-4-17(16)31-23/h1-12,19,28H/b20-18+. The third kappa shape index (κ3) is 3.17. The van der Waals surface area contributed by atoms with Crippen LogP contribution in [0.5, 0.6) is 0 Å². The monoisotopic (exact) mass is 431 g/mol. The van der Waals surface area contributed by atoms with Crippen LogP contribution in [-0.2, 0) is 9.59 Å². The molecule has 1 N–H and O–H groups in total. The van der Waals surface area contributed by atoms with Gasteiger partial charge in [0.25, 0.3) is 5.78 Å². The maximum atomic E-state index is 13.4. The number of amides is 1. The molecule has 2 aromatic heterocycles. The maximum absolute atomic E-state index is 13.4. The number of aromatic nitrogens is 2. The summed E-state index contributed by atoms with van der Waals surface area (Å²) in [5.74, 6) is -2.46. The minimum Gasteiger partial charge on any atom is -0.507 e. The molecule has 1 aliphatic heterocycles. The summed E-state index contributed by atoms with van der Waals surface area (Å²) in [5.41, 5.74) is 1.46. The highest BCUT2D eigenvalue weighted by atomic mass is 32.1. The molecule has 0 saturated carbocycles. The molecule has 31 heavy (non-hydrogen) atoms. The number of rotatable bonds is 3. The van der Waals surface area contributed by atoms with E-state index in [-0.39, 0.29) is 16.9 Å². The Bertz CT molecular complexity index is 1320. The lowest BCUT2D eigenvalue weighted by molar-refractivity contribution is -0.132. The Balaban J connectivity index is 1.73. The van der Waals surface area contributed by atoms with Crippen LogP contribution in [0.25, 0.3) is 16.0 Å². The van der Waals surface area contributed by atoms with Gasteiger partial charge in [-0.25, -0.2) is 9.37 Å². The third-order valence-corrected chi connectivity index (χ3v) is 6.11. The van der Waals surface area contributed by atoms with E-state index < -0.39 is 23.5 Å². The number of anilines is 1. The van der Waals surface area contributed by atoms with Gasteiger partial charge in [-0.1, -0.05) is 23.5 Å². The molecule has 1 fully saturated rings. The molecular formula is C23H14FN3O3S. The van der Waals surface area contributed by atoms with Gasteiger partial charge in [-0.2, -0.15) is 0 Å². The number of ketones is 1. The van der Waals surface area contributed by atoms with E-state index in [4.69, 9.17) is 0 Å². The molecule has 0 aliphatic carbocycles. The summed E-state index contributed by atoms with van der Waals surface area (Å²) in [6.45, 7) is 0. The van der Waals surface area contributed by atoms with Gasteiger partial charge in [-0.3, -0.25) is 19.5 Å². The lowest BCUT2D eigenvalue weighted by Gasteiger charge is -2.22. The van der Waals surface area contributed by atoms with Gasteiger partial charge in [-0.05, 0) is 54.1 Å². The van der Waals surface area contributed by atoms with Crippen molar-refractivity contribution in [3.8, 4) is 0 Å². The zero-order valence-electron chi connectivity index (χ0n) is 15.9. The first-order valence-corrected chi connectivity index (χ1v) is 10.2. The van der Waals surface area contributed by atoms with Crippen LogP contribution in [0.15, 0.2) is 78.6 Å². The molecule has 5 rings (SSSR count). The van der Waals surface area contributed by atoms with Gasteiger partial charge in [0.05, 0.1) is 21.8 Å². The Morgan fingerprint density at radius 2 is 1.71 bits per heavy atom. The Hall–Kier alpha value is -3.91. The first-order valence-electron chi connectivity index (χ1n) is 9.37. The second kappa shape index (κ2) is 7.41. The summed E-state index contributed by atoms with van der Waals surface area (Å²) in [4.78, 5) is 36.0. The number of aliphatic hydroxyl groups excluding tert-OH is 1. The highest BCUT2D eigenvalue weighted by Gasteiger charge is 2.48. The van der Waals surface area contributed by atoms with Crippen molar-refractivity contribution in [3.63, 3.8) is 0 Å². The Morgan fingerprint density at radius 3 is 2.42 bits per heavy atom. The summed E-state index contributed by atoms with van der Waals surface area (Å²) in [6, 6.07) is 15.0. The van der Waals surface area contributed by atoms with Gasteiger partial charge in [0, 0.05) is 18.0 Å². The average molecular weight is 431 g/mol. The molecular weight excluding hydrogens is 417 g/mol. The molecule has 0 spiro atoms. The van der Waals surface area contributed by atoms with Crippen LogP contribution in [-0.4, -0.2) is 26.8 Å². The molecule has 2 aromatic carbocycles. The molecule has 4 aromatic rings. The fraction of sp³-hybridized carbons (Fsp3) is 0.0435. The Morgan fingerprint density at radius 1 is 1.00 bits per heavy atom. The van der Waals surface area contributed by atoms with Crippen LogP contribution in [0.4, 0.5) is 9.52 Å². The predicted octanol–water partition coefficient (Wildman–Crippen LogP) is 4.46. The van der Waals surface area contributed by atoms with E-state index in [1.54, 1.807) is 24.5 Å². The van der Waals surface area contributed by atoms with Crippen LogP contribution in [0.2, 0.25) is 0 Å². The quantitative estimate of drug-likeness (QED) is 0.294.